The number of hydrogen-bond donors (Lipinski definition) is 2. The fourth-order valence-corrected chi connectivity index (χ4v) is 3.92. The van der Waals surface area contributed by atoms with Crippen molar-refractivity contribution in [1.82, 2.24) is 15.2 Å². The molecule has 0 bridgehead atoms. The van der Waals surface area contributed by atoms with E-state index in [0.717, 1.165) is 55.5 Å². The molecule has 0 aromatic carbocycles. The Morgan fingerprint density at radius 1 is 1.23 bits per heavy atom. The molecule has 1 atom stereocenters. The van der Waals surface area contributed by atoms with Crippen molar-refractivity contribution in [3.63, 3.8) is 0 Å². The highest BCUT2D eigenvalue weighted by molar-refractivity contribution is 6.01. The third kappa shape index (κ3) is 5.09. The van der Waals surface area contributed by atoms with E-state index in [0.29, 0.717) is 6.04 Å². The number of nitrogens with zero attached hydrogens (tertiary/aromatic N) is 2. The van der Waals surface area contributed by atoms with Crippen molar-refractivity contribution in [2.75, 3.05) is 0 Å². The summed E-state index contributed by atoms with van der Waals surface area (Å²) in [5.74, 6) is -1.63. The second-order valence-electron chi connectivity index (χ2n) is 8.09. The lowest BCUT2D eigenvalue weighted by atomic mass is 10.1. The molecule has 0 unspecified atom stereocenters. The second-order valence-corrected chi connectivity index (χ2v) is 8.09. The van der Waals surface area contributed by atoms with E-state index >= 15 is 0 Å². The van der Waals surface area contributed by atoms with Gasteiger partial charge in [-0.2, -0.15) is 5.26 Å². The van der Waals surface area contributed by atoms with Crippen molar-refractivity contribution in [1.29, 1.82) is 5.26 Å². The molecule has 1 aromatic heterocycles. The van der Waals surface area contributed by atoms with E-state index in [1.165, 1.54) is 13.0 Å². The lowest BCUT2D eigenvalue weighted by Gasteiger charge is -2.15. The molecule has 2 fully saturated rings. The number of imide groups is 1. The molecule has 160 valence electrons. The Bertz CT molecular complexity index is 914. The first-order chi connectivity index (χ1) is 14.3. The van der Waals surface area contributed by atoms with Crippen LogP contribution in [0.5, 0.6) is 0 Å². The van der Waals surface area contributed by atoms with Crippen molar-refractivity contribution in [3.05, 3.63) is 28.6 Å². The fraction of sp³-hybridized carbons (Fsp3) is 0.545. The number of nitrogens with one attached hydrogen (secondary N) is 2. The van der Waals surface area contributed by atoms with Crippen LogP contribution in [0.4, 0.5) is 4.79 Å². The molecule has 0 spiro atoms. The van der Waals surface area contributed by atoms with E-state index in [-0.39, 0.29) is 11.6 Å². The molecule has 2 saturated carbocycles. The van der Waals surface area contributed by atoms with Crippen LogP contribution < -0.4 is 10.6 Å². The summed E-state index contributed by atoms with van der Waals surface area (Å²) in [6, 6.07) is 3.74. The van der Waals surface area contributed by atoms with Crippen LogP contribution in [0.15, 0.2) is 11.6 Å². The van der Waals surface area contributed by atoms with Crippen LogP contribution in [0.2, 0.25) is 0 Å². The van der Waals surface area contributed by atoms with Crippen molar-refractivity contribution < 1.29 is 19.1 Å². The van der Waals surface area contributed by atoms with Gasteiger partial charge in [-0.25, -0.2) is 9.59 Å². The minimum Gasteiger partial charge on any atom is -0.448 e. The van der Waals surface area contributed by atoms with E-state index in [2.05, 4.69) is 15.2 Å². The molecule has 30 heavy (non-hydrogen) atoms. The monoisotopic (exact) mass is 412 g/mol. The molecular weight excluding hydrogens is 384 g/mol. The van der Waals surface area contributed by atoms with Gasteiger partial charge in [-0.15, -0.1) is 0 Å². The molecule has 0 aliphatic heterocycles. The Hall–Kier alpha value is -3.08. The summed E-state index contributed by atoms with van der Waals surface area (Å²) >= 11 is 0. The Kier molecular flexibility index (Phi) is 6.60. The Labute approximate surface area is 176 Å². The lowest BCUT2D eigenvalue weighted by molar-refractivity contribution is -0.150. The van der Waals surface area contributed by atoms with Gasteiger partial charge >= 0.3 is 12.0 Å². The SMILES string of the molecule is Cc1cc(/C=C(\C#N)C(=O)O[C@H](C)C(=O)NC(=O)NC2CCCC2)c(C)n1C1CC1. The first kappa shape index (κ1) is 21.6. The quantitative estimate of drug-likeness (QED) is 0.424. The first-order valence-electron chi connectivity index (χ1n) is 10.4. The fourth-order valence-electron chi connectivity index (χ4n) is 3.92. The van der Waals surface area contributed by atoms with Gasteiger partial charge in [0.2, 0.25) is 0 Å². The van der Waals surface area contributed by atoms with E-state index in [1.54, 1.807) is 0 Å². The maximum atomic E-state index is 12.4. The van der Waals surface area contributed by atoms with E-state index in [1.807, 2.05) is 26.0 Å². The zero-order chi connectivity index (χ0) is 21.8. The highest BCUT2D eigenvalue weighted by Gasteiger charge is 2.27. The number of aromatic nitrogens is 1. The lowest BCUT2D eigenvalue weighted by Crippen LogP contribution is -2.47. The number of esters is 1. The third-order valence-corrected chi connectivity index (χ3v) is 5.66. The summed E-state index contributed by atoms with van der Waals surface area (Å²) in [7, 11) is 0. The molecule has 2 N–H and O–H groups in total. The largest absolute Gasteiger partial charge is 0.448 e. The van der Waals surface area contributed by atoms with Crippen LogP contribution in [0.25, 0.3) is 6.08 Å². The topological polar surface area (TPSA) is 113 Å². The molecule has 1 heterocycles. The van der Waals surface area contributed by atoms with Crippen LogP contribution in [0.1, 0.15) is 68.4 Å². The smallest absolute Gasteiger partial charge is 0.349 e. The van der Waals surface area contributed by atoms with Gasteiger partial charge in [0.15, 0.2) is 6.10 Å². The average molecular weight is 412 g/mol. The standard InChI is InChI=1S/C22H28N4O4/c1-13-10-16(14(2)26(13)19-8-9-19)11-17(12-23)21(28)30-15(3)20(27)25-22(29)24-18-6-4-5-7-18/h10-11,15,18-19H,4-9H2,1-3H3,(H2,24,25,27,29)/b17-11+/t15-/m1/s1. The number of hydrogen-bond acceptors (Lipinski definition) is 5. The number of nitriles is 1. The van der Waals surface area contributed by atoms with Crippen LogP contribution in [-0.2, 0) is 14.3 Å². The third-order valence-electron chi connectivity index (χ3n) is 5.66. The zero-order valence-electron chi connectivity index (χ0n) is 17.7. The minimum absolute atomic E-state index is 0.0680. The highest BCUT2D eigenvalue weighted by Crippen LogP contribution is 2.38. The number of rotatable bonds is 6. The number of ether oxygens (including phenoxy) is 1. The molecule has 8 heteroatoms. The van der Waals surface area contributed by atoms with Gasteiger partial charge in [-0.1, -0.05) is 12.8 Å². The first-order valence-corrected chi connectivity index (χ1v) is 10.4. The summed E-state index contributed by atoms with van der Waals surface area (Å²) in [5, 5.41) is 14.3. The minimum atomic E-state index is -1.21. The number of amides is 3. The summed E-state index contributed by atoms with van der Waals surface area (Å²) in [4.78, 5) is 36.5. The van der Waals surface area contributed by atoms with Crippen LogP contribution in [0, 0.1) is 25.2 Å². The molecule has 3 rings (SSSR count). The normalized spacial score (nSPS) is 17.9. The number of urea groups is 1. The number of carbonyl (C=O) groups is 3. The maximum Gasteiger partial charge on any atom is 0.349 e. The molecule has 8 nitrogen and oxygen atoms in total. The summed E-state index contributed by atoms with van der Waals surface area (Å²) in [6.45, 7) is 5.32. The summed E-state index contributed by atoms with van der Waals surface area (Å²) in [6.07, 6.45) is 6.44. The van der Waals surface area contributed by atoms with E-state index < -0.39 is 24.0 Å². The predicted octanol–water partition coefficient (Wildman–Crippen LogP) is 3.05. The zero-order valence-corrected chi connectivity index (χ0v) is 17.7. The van der Waals surface area contributed by atoms with E-state index in [4.69, 9.17) is 4.74 Å². The Morgan fingerprint density at radius 2 is 1.90 bits per heavy atom. The van der Waals surface area contributed by atoms with Gasteiger partial charge in [-0.3, -0.25) is 10.1 Å². The van der Waals surface area contributed by atoms with Crippen molar-refractivity contribution in [3.8, 4) is 6.07 Å². The molecular formula is C22H28N4O4. The van der Waals surface area contributed by atoms with Gasteiger partial charge in [-0.05, 0) is 64.2 Å². The number of carbonyl (C=O) groups excluding carboxylic acids is 3. The Morgan fingerprint density at radius 3 is 2.50 bits per heavy atom. The maximum absolute atomic E-state index is 12.4. The molecule has 0 radical (unpaired) electrons. The van der Waals surface area contributed by atoms with Crippen molar-refractivity contribution >= 4 is 24.0 Å². The predicted molar refractivity (Wildman–Crippen MR) is 110 cm³/mol. The molecule has 3 amide bonds. The van der Waals surface area contributed by atoms with Gasteiger partial charge in [0.05, 0.1) is 0 Å². The average Bonchev–Trinajstić information content (AvgIpc) is 3.31. The molecule has 0 saturated heterocycles. The van der Waals surface area contributed by atoms with Crippen molar-refractivity contribution in [2.45, 2.75) is 77.5 Å². The van der Waals surface area contributed by atoms with Gasteiger partial charge < -0.3 is 14.6 Å². The highest BCUT2D eigenvalue weighted by atomic mass is 16.5. The Balaban J connectivity index is 1.59. The number of aryl methyl sites for hydroxylation is 1. The van der Waals surface area contributed by atoms with Crippen LogP contribution >= 0.6 is 0 Å². The molecule has 2 aliphatic rings. The summed E-state index contributed by atoms with van der Waals surface area (Å²) < 4.78 is 7.33. The summed E-state index contributed by atoms with van der Waals surface area (Å²) in [5.41, 5.74) is 2.65. The van der Waals surface area contributed by atoms with Gasteiger partial charge in [0, 0.05) is 23.5 Å². The van der Waals surface area contributed by atoms with Crippen LogP contribution in [-0.4, -0.2) is 34.6 Å². The second kappa shape index (κ2) is 9.16. The van der Waals surface area contributed by atoms with E-state index in [9.17, 15) is 19.6 Å². The van der Waals surface area contributed by atoms with Crippen LogP contribution in [0.3, 0.4) is 0 Å². The van der Waals surface area contributed by atoms with Gasteiger partial charge in [0.1, 0.15) is 11.6 Å². The van der Waals surface area contributed by atoms with Gasteiger partial charge in [0.25, 0.3) is 5.91 Å². The van der Waals surface area contributed by atoms with Crippen molar-refractivity contribution in [2.24, 2.45) is 0 Å². The molecule has 1 aromatic rings. The molecule has 2 aliphatic carbocycles.